The first-order valence-electron chi connectivity index (χ1n) is 14.7. The molecule has 0 radical (unpaired) electrons. The van der Waals surface area contributed by atoms with Crippen molar-refractivity contribution >= 4 is 23.6 Å². The molecule has 1 fully saturated rings. The van der Waals surface area contributed by atoms with Crippen LogP contribution in [0.5, 0.6) is 0 Å². The van der Waals surface area contributed by atoms with Crippen LogP contribution in [0.3, 0.4) is 0 Å². The molecule has 2 aromatic carbocycles. The summed E-state index contributed by atoms with van der Waals surface area (Å²) in [5.74, 6) is 0.0202. The Morgan fingerprint density at radius 2 is 1.78 bits per heavy atom. The van der Waals surface area contributed by atoms with Crippen molar-refractivity contribution < 1.29 is 19.4 Å². The van der Waals surface area contributed by atoms with Gasteiger partial charge in [-0.1, -0.05) is 69.9 Å². The minimum atomic E-state index is -1.01. The van der Waals surface area contributed by atoms with E-state index in [9.17, 15) is 14.7 Å². The molecule has 0 aromatic heterocycles. The minimum Gasteiger partial charge on any atom is -0.480 e. The van der Waals surface area contributed by atoms with E-state index in [0.717, 1.165) is 34.6 Å². The van der Waals surface area contributed by atoms with Gasteiger partial charge in [0.1, 0.15) is 6.04 Å². The largest absolute Gasteiger partial charge is 0.480 e. The van der Waals surface area contributed by atoms with Crippen molar-refractivity contribution in [3.63, 3.8) is 0 Å². The number of hydrogen-bond acceptors (Lipinski definition) is 5. The Morgan fingerprint density at radius 1 is 1.07 bits per heavy atom. The van der Waals surface area contributed by atoms with Crippen LogP contribution in [-0.4, -0.2) is 53.3 Å². The molecule has 0 unspecified atom stereocenters. The number of carbonyl (C=O) groups excluding carboxylic acids is 1. The molecule has 1 aliphatic rings. The van der Waals surface area contributed by atoms with Crippen molar-refractivity contribution in [2.45, 2.75) is 104 Å². The van der Waals surface area contributed by atoms with Crippen LogP contribution in [0, 0.1) is 12.8 Å². The number of thioether (sulfide) groups is 1. The molecule has 0 aliphatic heterocycles. The highest BCUT2D eigenvalue weighted by Gasteiger charge is 2.24. The molecule has 0 saturated heterocycles. The molecule has 41 heavy (non-hydrogen) atoms. The highest BCUT2D eigenvalue weighted by atomic mass is 32.2. The molecule has 6 nitrogen and oxygen atoms in total. The van der Waals surface area contributed by atoms with Crippen LogP contribution >= 0.6 is 11.8 Å². The second kappa shape index (κ2) is 16.9. The SMILES string of the molecule is C.CSCC[C@H](NC(=O)c1ccc(CN[C@@H](COC(C)(C)C)CC2CCCCC2)cc1-c1ccccc1C)C(=O)O. The van der Waals surface area contributed by atoms with Crippen LogP contribution in [-0.2, 0) is 16.1 Å². The maximum atomic E-state index is 13.4. The molecule has 0 bridgehead atoms. The minimum absolute atomic E-state index is 0. The molecule has 1 amide bonds. The number of ether oxygens (including phenoxy) is 1. The fourth-order valence-corrected chi connectivity index (χ4v) is 5.85. The van der Waals surface area contributed by atoms with Crippen LogP contribution in [0.15, 0.2) is 42.5 Å². The number of aryl methyl sites for hydroxylation is 1. The number of amides is 1. The average molecular weight is 585 g/mol. The number of nitrogens with one attached hydrogen (secondary N) is 2. The maximum absolute atomic E-state index is 13.4. The Balaban J connectivity index is 0.00000588. The monoisotopic (exact) mass is 584 g/mol. The maximum Gasteiger partial charge on any atom is 0.326 e. The van der Waals surface area contributed by atoms with Gasteiger partial charge in [0.05, 0.1) is 12.2 Å². The third kappa shape index (κ3) is 11.4. The summed E-state index contributed by atoms with van der Waals surface area (Å²) >= 11 is 1.57. The van der Waals surface area contributed by atoms with Gasteiger partial charge in [0.25, 0.3) is 5.91 Å². The third-order valence-electron chi connectivity index (χ3n) is 7.63. The average Bonchev–Trinajstić information content (AvgIpc) is 2.92. The van der Waals surface area contributed by atoms with Gasteiger partial charge < -0.3 is 20.5 Å². The molecular formula is C34H52N2O4S. The molecule has 1 aliphatic carbocycles. The Kier molecular flexibility index (Phi) is 14.4. The zero-order valence-corrected chi connectivity index (χ0v) is 25.7. The van der Waals surface area contributed by atoms with Crippen LogP contribution in [0.25, 0.3) is 11.1 Å². The Hall–Kier alpha value is -2.35. The van der Waals surface area contributed by atoms with Gasteiger partial charge in [0, 0.05) is 18.2 Å². The summed E-state index contributed by atoms with van der Waals surface area (Å²) in [6, 6.07) is 13.2. The zero-order valence-electron chi connectivity index (χ0n) is 24.9. The summed E-state index contributed by atoms with van der Waals surface area (Å²) < 4.78 is 6.20. The van der Waals surface area contributed by atoms with Gasteiger partial charge in [-0.2, -0.15) is 11.8 Å². The molecule has 2 atom stereocenters. The van der Waals surface area contributed by atoms with Crippen molar-refractivity contribution in [2.75, 3.05) is 18.6 Å². The van der Waals surface area contributed by atoms with E-state index in [1.54, 1.807) is 11.8 Å². The lowest BCUT2D eigenvalue weighted by atomic mass is 9.85. The number of carboxylic acid groups (broad SMARTS) is 1. The van der Waals surface area contributed by atoms with Gasteiger partial charge in [0.15, 0.2) is 0 Å². The highest BCUT2D eigenvalue weighted by molar-refractivity contribution is 7.98. The van der Waals surface area contributed by atoms with E-state index in [-0.39, 0.29) is 25.0 Å². The highest BCUT2D eigenvalue weighted by Crippen LogP contribution is 2.30. The van der Waals surface area contributed by atoms with Gasteiger partial charge in [-0.25, -0.2) is 4.79 Å². The van der Waals surface area contributed by atoms with E-state index >= 15 is 0 Å². The molecule has 7 heteroatoms. The first-order valence-corrected chi connectivity index (χ1v) is 16.1. The third-order valence-corrected chi connectivity index (χ3v) is 8.28. The molecule has 2 aromatic rings. The van der Waals surface area contributed by atoms with Gasteiger partial charge in [0.2, 0.25) is 0 Å². The first kappa shape index (κ1) is 34.8. The summed E-state index contributed by atoms with van der Waals surface area (Å²) in [5, 5.41) is 16.2. The molecule has 0 spiro atoms. The standard InChI is InChI=1S/C33H48N2O4S.CH4/c1-23-11-9-10-14-27(23)29-20-25(15-16-28(29)31(36)35-30(32(37)38)17-18-40-5)21-34-26(22-39-33(2,3)4)19-24-12-7-6-8-13-24;/h9-11,14-16,20,24,26,30,34H,6-8,12-13,17-19,21-22H2,1-5H3,(H,35,36)(H,37,38);1H4/t26-,30+;/m1./s1. The number of aliphatic carboxylic acids is 1. The van der Waals surface area contributed by atoms with E-state index in [4.69, 9.17) is 4.74 Å². The Labute approximate surface area is 252 Å². The predicted octanol–water partition coefficient (Wildman–Crippen LogP) is 7.48. The van der Waals surface area contributed by atoms with E-state index in [1.165, 1.54) is 32.1 Å². The zero-order chi connectivity index (χ0) is 29.1. The van der Waals surface area contributed by atoms with Crippen LogP contribution in [0.1, 0.15) is 94.6 Å². The molecular weight excluding hydrogens is 532 g/mol. The van der Waals surface area contributed by atoms with Crippen molar-refractivity contribution in [2.24, 2.45) is 5.92 Å². The van der Waals surface area contributed by atoms with Gasteiger partial charge >= 0.3 is 5.97 Å². The summed E-state index contributed by atoms with van der Waals surface area (Å²) in [4.78, 5) is 25.2. The fourth-order valence-electron chi connectivity index (χ4n) is 5.37. The summed E-state index contributed by atoms with van der Waals surface area (Å²) in [6.45, 7) is 9.65. The Bertz CT molecular complexity index is 1110. The lowest BCUT2D eigenvalue weighted by Crippen LogP contribution is -2.41. The number of carboxylic acids is 1. The normalized spacial score (nSPS) is 15.5. The van der Waals surface area contributed by atoms with Crippen molar-refractivity contribution in [3.05, 3.63) is 59.2 Å². The topological polar surface area (TPSA) is 87.7 Å². The van der Waals surface area contributed by atoms with Crippen LogP contribution in [0.2, 0.25) is 0 Å². The summed E-state index contributed by atoms with van der Waals surface area (Å²) in [5.41, 5.74) is 4.23. The van der Waals surface area contributed by atoms with E-state index < -0.39 is 12.0 Å². The number of rotatable bonds is 14. The molecule has 0 heterocycles. The summed E-state index contributed by atoms with van der Waals surface area (Å²) in [6.07, 6.45) is 9.99. The van der Waals surface area contributed by atoms with Gasteiger partial charge in [-0.3, -0.25) is 4.79 Å². The number of hydrogen-bond donors (Lipinski definition) is 3. The lowest BCUT2D eigenvalue weighted by Gasteiger charge is -2.30. The second-order valence-corrected chi connectivity index (χ2v) is 13.1. The smallest absolute Gasteiger partial charge is 0.326 e. The van der Waals surface area contributed by atoms with Crippen LogP contribution < -0.4 is 10.6 Å². The van der Waals surface area contributed by atoms with Crippen molar-refractivity contribution in [1.29, 1.82) is 0 Å². The molecule has 3 rings (SSSR count). The lowest BCUT2D eigenvalue weighted by molar-refractivity contribution is -0.139. The second-order valence-electron chi connectivity index (χ2n) is 12.1. The van der Waals surface area contributed by atoms with E-state index in [0.29, 0.717) is 30.9 Å². The van der Waals surface area contributed by atoms with E-state index in [1.807, 2.05) is 49.6 Å². The Morgan fingerprint density at radius 3 is 2.41 bits per heavy atom. The summed E-state index contributed by atoms with van der Waals surface area (Å²) in [7, 11) is 0. The van der Waals surface area contributed by atoms with Crippen molar-refractivity contribution in [3.8, 4) is 11.1 Å². The molecule has 228 valence electrons. The first-order chi connectivity index (χ1) is 19.1. The van der Waals surface area contributed by atoms with Gasteiger partial charge in [-0.15, -0.1) is 0 Å². The molecule has 3 N–H and O–H groups in total. The van der Waals surface area contributed by atoms with Crippen LogP contribution in [0.4, 0.5) is 0 Å². The molecule has 1 saturated carbocycles. The number of benzene rings is 2. The van der Waals surface area contributed by atoms with Gasteiger partial charge in [-0.05, 0) is 92.8 Å². The predicted molar refractivity (Wildman–Crippen MR) is 173 cm³/mol. The van der Waals surface area contributed by atoms with E-state index in [2.05, 4.69) is 37.5 Å². The quantitative estimate of drug-likeness (QED) is 0.213. The number of carbonyl (C=O) groups is 2. The fraction of sp³-hybridized carbons (Fsp3) is 0.588. The van der Waals surface area contributed by atoms with Crippen molar-refractivity contribution in [1.82, 2.24) is 10.6 Å².